The van der Waals surface area contributed by atoms with Crippen LogP contribution in [-0.4, -0.2) is 21.8 Å². The number of sulfonamides is 1. The number of anilines is 1. The van der Waals surface area contributed by atoms with Crippen LogP contribution in [-0.2, 0) is 20.1 Å². The van der Waals surface area contributed by atoms with E-state index in [2.05, 4.69) is 9.71 Å². The van der Waals surface area contributed by atoms with Gasteiger partial charge in [-0.05, 0) is 43.3 Å². The summed E-state index contributed by atoms with van der Waals surface area (Å²) in [5.41, 5.74) is 0.273. The van der Waals surface area contributed by atoms with E-state index in [1.807, 2.05) is 6.92 Å². The number of rotatable bonds is 6. The standard InChI is InChI=1S/C18H16N2O6S2/c1-13-2-6-16(7-3-13)28(24,25)26-14-4-8-15(9-5-14)27(22,23)20-17-12-19-11-10-18(17)21/h2-12,20H,1H3,(H,19,21). The molecule has 10 heteroatoms. The van der Waals surface area contributed by atoms with Crippen molar-refractivity contribution >= 4 is 25.8 Å². The Morgan fingerprint density at radius 3 is 2.07 bits per heavy atom. The van der Waals surface area contributed by atoms with Crippen molar-refractivity contribution in [1.29, 1.82) is 0 Å². The SMILES string of the molecule is Cc1ccc(S(=O)(=O)Oc2ccc(S(=O)(=O)Nc3c[nH]ccc3=O)cc2)cc1. The number of benzene rings is 2. The molecule has 0 saturated carbocycles. The molecule has 8 nitrogen and oxygen atoms in total. The number of H-pyrrole nitrogens is 1. The molecule has 0 saturated heterocycles. The van der Waals surface area contributed by atoms with Gasteiger partial charge in [0.05, 0.1) is 4.90 Å². The third-order valence-corrected chi connectivity index (χ3v) is 6.36. The fraction of sp³-hybridized carbons (Fsp3) is 0.0556. The average Bonchev–Trinajstić information content (AvgIpc) is 2.64. The van der Waals surface area contributed by atoms with Crippen LogP contribution in [0.2, 0.25) is 0 Å². The zero-order chi connectivity index (χ0) is 20.4. The van der Waals surface area contributed by atoms with Crippen LogP contribution >= 0.6 is 0 Å². The lowest BCUT2D eigenvalue weighted by Crippen LogP contribution is -2.18. The summed E-state index contributed by atoms with van der Waals surface area (Å²) in [4.78, 5) is 14.1. The molecule has 0 aliphatic heterocycles. The van der Waals surface area contributed by atoms with E-state index >= 15 is 0 Å². The van der Waals surface area contributed by atoms with Gasteiger partial charge in [0, 0.05) is 18.5 Å². The minimum Gasteiger partial charge on any atom is -0.379 e. The number of pyridine rings is 1. The van der Waals surface area contributed by atoms with E-state index in [1.54, 1.807) is 12.1 Å². The van der Waals surface area contributed by atoms with E-state index in [1.165, 1.54) is 54.9 Å². The van der Waals surface area contributed by atoms with Crippen LogP contribution in [0.1, 0.15) is 5.56 Å². The van der Waals surface area contributed by atoms with Crippen LogP contribution in [0.15, 0.2) is 81.6 Å². The lowest BCUT2D eigenvalue weighted by molar-refractivity contribution is 0.486. The van der Waals surface area contributed by atoms with Crippen molar-refractivity contribution in [1.82, 2.24) is 4.98 Å². The molecule has 1 heterocycles. The number of aryl methyl sites for hydroxylation is 1. The molecule has 2 aromatic carbocycles. The maximum atomic E-state index is 12.4. The van der Waals surface area contributed by atoms with Gasteiger partial charge < -0.3 is 9.17 Å². The van der Waals surface area contributed by atoms with Crippen molar-refractivity contribution in [3.05, 3.63) is 82.8 Å². The summed E-state index contributed by atoms with van der Waals surface area (Å²) >= 11 is 0. The van der Waals surface area contributed by atoms with E-state index in [9.17, 15) is 21.6 Å². The summed E-state index contributed by atoms with van der Waals surface area (Å²) in [6.45, 7) is 1.83. The zero-order valence-electron chi connectivity index (χ0n) is 14.6. The van der Waals surface area contributed by atoms with Gasteiger partial charge in [-0.15, -0.1) is 0 Å². The fourth-order valence-electron chi connectivity index (χ4n) is 2.25. The van der Waals surface area contributed by atoms with Crippen LogP contribution in [0, 0.1) is 6.92 Å². The highest BCUT2D eigenvalue weighted by Gasteiger charge is 2.19. The van der Waals surface area contributed by atoms with Crippen molar-refractivity contribution in [2.45, 2.75) is 16.7 Å². The molecule has 3 aromatic rings. The van der Waals surface area contributed by atoms with Crippen LogP contribution in [0.3, 0.4) is 0 Å². The van der Waals surface area contributed by atoms with Crippen LogP contribution < -0.4 is 14.3 Å². The first kappa shape index (κ1) is 19.6. The van der Waals surface area contributed by atoms with Gasteiger partial charge in [0.15, 0.2) is 0 Å². The molecule has 0 amide bonds. The van der Waals surface area contributed by atoms with Crippen molar-refractivity contribution in [2.75, 3.05) is 4.72 Å². The predicted molar refractivity (Wildman–Crippen MR) is 103 cm³/mol. The average molecular weight is 420 g/mol. The molecule has 0 fully saturated rings. The molecular formula is C18H16N2O6S2. The van der Waals surface area contributed by atoms with E-state index in [0.717, 1.165) is 5.56 Å². The molecule has 146 valence electrons. The largest absolute Gasteiger partial charge is 0.379 e. The Balaban J connectivity index is 1.80. The van der Waals surface area contributed by atoms with E-state index in [0.29, 0.717) is 0 Å². The normalized spacial score (nSPS) is 11.8. The number of hydrogen-bond donors (Lipinski definition) is 2. The van der Waals surface area contributed by atoms with Crippen LogP contribution in [0.5, 0.6) is 5.75 Å². The highest BCUT2D eigenvalue weighted by Crippen LogP contribution is 2.22. The Morgan fingerprint density at radius 2 is 1.46 bits per heavy atom. The van der Waals surface area contributed by atoms with Gasteiger partial charge in [0.2, 0.25) is 5.43 Å². The number of hydrogen-bond acceptors (Lipinski definition) is 6. The van der Waals surface area contributed by atoms with E-state index < -0.39 is 25.6 Å². The molecule has 0 atom stereocenters. The van der Waals surface area contributed by atoms with Crippen molar-refractivity contribution < 1.29 is 21.0 Å². The smallest absolute Gasteiger partial charge is 0.339 e. The maximum Gasteiger partial charge on any atom is 0.339 e. The molecular weight excluding hydrogens is 404 g/mol. The molecule has 0 bridgehead atoms. The Morgan fingerprint density at radius 1 is 0.857 bits per heavy atom. The van der Waals surface area contributed by atoms with Crippen molar-refractivity contribution in [2.24, 2.45) is 0 Å². The molecule has 2 N–H and O–H groups in total. The van der Waals surface area contributed by atoms with Gasteiger partial charge in [-0.1, -0.05) is 17.7 Å². The molecule has 3 rings (SSSR count). The van der Waals surface area contributed by atoms with Gasteiger partial charge in [-0.3, -0.25) is 9.52 Å². The molecule has 0 aliphatic carbocycles. The monoisotopic (exact) mass is 420 g/mol. The van der Waals surface area contributed by atoms with E-state index in [4.69, 9.17) is 4.18 Å². The van der Waals surface area contributed by atoms with E-state index in [-0.39, 0.29) is 21.2 Å². The van der Waals surface area contributed by atoms with Crippen molar-refractivity contribution in [3.63, 3.8) is 0 Å². The molecule has 0 unspecified atom stereocenters. The second kappa shape index (κ2) is 7.49. The van der Waals surface area contributed by atoms with Crippen LogP contribution in [0.25, 0.3) is 0 Å². The van der Waals surface area contributed by atoms with Gasteiger partial charge in [-0.2, -0.15) is 8.42 Å². The van der Waals surface area contributed by atoms with Crippen LogP contribution in [0.4, 0.5) is 5.69 Å². The maximum absolute atomic E-state index is 12.4. The Bertz CT molecular complexity index is 1250. The lowest BCUT2D eigenvalue weighted by Gasteiger charge is -2.09. The lowest BCUT2D eigenvalue weighted by atomic mass is 10.2. The van der Waals surface area contributed by atoms with Gasteiger partial charge >= 0.3 is 10.1 Å². The van der Waals surface area contributed by atoms with Gasteiger partial charge in [0.25, 0.3) is 10.0 Å². The molecule has 1 aromatic heterocycles. The minimum atomic E-state index is -4.04. The Hall–Kier alpha value is -3.11. The molecule has 0 spiro atoms. The van der Waals surface area contributed by atoms with Gasteiger partial charge in [-0.25, -0.2) is 8.42 Å². The Labute approximate surface area is 162 Å². The van der Waals surface area contributed by atoms with Gasteiger partial charge in [0.1, 0.15) is 16.3 Å². The summed E-state index contributed by atoms with van der Waals surface area (Å²) in [6.07, 6.45) is 2.60. The third kappa shape index (κ3) is 4.41. The number of nitrogens with one attached hydrogen (secondary N) is 2. The summed E-state index contributed by atoms with van der Waals surface area (Å²) in [7, 11) is -8.07. The second-order valence-corrected chi connectivity index (χ2v) is 9.08. The topological polar surface area (TPSA) is 122 Å². The minimum absolute atomic E-state index is 0.0141. The van der Waals surface area contributed by atoms with Crippen molar-refractivity contribution in [3.8, 4) is 5.75 Å². The third-order valence-electron chi connectivity index (χ3n) is 3.72. The highest BCUT2D eigenvalue weighted by atomic mass is 32.2. The number of aromatic amines is 1. The first-order chi connectivity index (χ1) is 13.2. The predicted octanol–water partition coefficient (Wildman–Crippen LogP) is 2.25. The molecule has 0 aliphatic rings. The number of aromatic nitrogens is 1. The first-order valence-electron chi connectivity index (χ1n) is 7.98. The molecule has 0 radical (unpaired) electrons. The first-order valence-corrected chi connectivity index (χ1v) is 10.9. The molecule has 28 heavy (non-hydrogen) atoms. The summed E-state index contributed by atoms with van der Waals surface area (Å²) < 4.78 is 56.5. The summed E-state index contributed by atoms with van der Waals surface area (Å²) in [5.74, 6) is -0.0444. The summed E-state index contributed by atoms with van der Waals surface area (Å²) in [5, 5.41) is 0. The Kier molecular flexibility index (Phi) is 5.25. The quantitative estimate of drug-likeness (QED) is 0.590. The zero-order valence-corrected chi connectivity index (χ0v) is 16.2. The fourth-order valence-corrected chi connectivity index (χ4v) is 4.25. The summed E-state index contributed by atoms with van der Waals surface area (Å²) in [6, 6.07) is 12.1. The highest BCUT2D eigenvalue weighted by molar-refractivity contribution is 7.92. The second-order valence-electron chi connectivity index (χ2n) is 5.85.